The molecule has 0 bridgehead atoms. The van der Waals surface area contributed by atoms with Crippen LogP contribution in [0, 0.1) is 5.92 Å². The normalized spacial score (nSPS) is 27.0. The Kier molecular flexibility index (Phi) is 9.03. The van der Waals surface area contributed by atoms with Crippen LogP contribution in [0.25, 0.3) is 0 Å². The number of piperidine rings is 1. The minimum Gasteiger partial charge on any atom is -0.356 e. The number of benzene rings is 1. The van der Waals surface area contributed by atoms with Gasteiger partial charge in [-0.2, -0.15) is 0 Å². The summed E-state index contributed by atoms with van der Waals surface area (Å²) in [6.45, 7) is 8.22. The van der Waals surface area contributed by atoms with Crippen molar-refractivity contribution in [2.75, 3.05) is 46.3 Å². The van der Waals surface area contributed by atoms with E-state index >= 15 is 0 Å². The second kappa shape index (κ2) is 11.0. The summed E-state index contributed by atoms with van der Waals surface area (Å²) >= 11 is 0. The highest BCUT2D eigenvalue weighted by atomic mass is 35.5. The first-order chi connectivity index (χ1) is 12.6. The maximum absolute atomic E-state index is 12.4. The van der Waals surface area contributed by atoms with E-state index in [0.29, 0.717) is 12.1 Å². The molecule has 1 aromatic carbocycles. The van der Waals surface area contributed by atoms with E-state index in [1.807, 2.05) is 0 Å². The number of carbonyl (C=O) groups is 1. The number of amides is 1. The van der Waals surface area contributed by atoms with Gasteiger partial charge in [0.2, 0.25) is 5.91 Å². The number of nitrogens with one attached hydrogen (secondary N) is 2. The smallest absolute Gasteiger partial charge is 0.223 e. The van der Waals surface area contributed by atoms with Gasteiger partial charge < -0.3 is 15.5 Å². The molecule has 1 unspecified atom stereocenters. The number of hydrogen-bond acceptors (Lipinski definition) is 4. The average Bonchev–Trinajstić information content (AvgIpc) is 2.66. The molecule has 0 radical (unpaired) electrons. The maximum Gasteiger partial charge on any atom is 0.223 e. The van der Waals surface area contributed by atoms with Crippen LogP contribution in [0.15, 0.2) is 30.3 Å². The second-order valence-electron chi connectivity index (χ2n) is 7.95. The van der Waals surface area contributed by atoms with E-state index in [-0.39, 0.29) is 24.2 Å². The second-order valence-corrected chi connectivity index (χ2v) is 7.95. The number of halogens is 1. The lowest BCUT2D eigenvalue weighted by Gasteiger charge is -2.40. The molecule has 0 spiro atoms. The SMILES string of the molecule is C[C@H]1C[C@@H](C(=O)NCCCN2CCN(C)CC2c2ccccc2)CCN1.Cl. The molecular formula is C21H35ClN4O. The first-order valence-electron chi connectivity index (χ1n) is 10.1. The van der Waals surface area contributed by atoms with Gasteiger partial charge in [0.1, 0.15) is 0 Å². The summed E-state index contributed by atoms with van der Waals surface area (Å²) in [5.74, 6) is 0.434. The molecule has 3 rings (SSSR count). The monoisotopic (exact) mass is 394 g/mol. The fourth-order valence-electron chi connectivity index (χ4n) is 4.22. The molecule has 6 heteroatoms. The first-order valence-corrected chi connectivity index (χ1v) is 10.1. The molecule has 0 saturated carbocycles. The van der Waals surface area contributed by atoms with Crippen molar-refractivity contribution in [1.82, 2.24) is 20.4 Å². The van der Waals surface area contributed by atoms with Crippen LogP contribution in [0.5, 0.6) is 0 Å². The summed E-state index contributed by atoms with van der Waals surface area (Å²) in [6, 6.07) is 11.7. The Morgan fingerprint density at radius 3 is 2.78 bits per heavy atom. The van der Waals surface area contributed by atoms with Crippen LogP contribution in [0.3, 0.4) is 0 Å². The van der Waals surface area contributed by atoms with Gasteiger partial charge in [0.15, 0.2) is 0 Å². The summed E-state index contributed by atoms with van der Waals surface area (Å²) in [5, 5.41) is 6.58. The third kappa shape index (κ3) is 6.46. The van der Waals surface area contributed by atoms with E-state index in [0.717, 1.165) is 58.5 Å². The summed E-state index contributed by atoms with van der Waals surface area (Å²) in [4.78, 5) is 17.4. The molecule has 2 heterocycles. The van der Waals surface area contributed by atoms with E-state index < -0.39 is 0 Å². The zero-order chi connectivity index (χ0) is 18.4. The van der Waals surface area contributed by atoms with Crippen LogP contribution in [-0.4, -0.2) is 68.1 Å². The Bertz CT molecular complexity index is 571. The molecule has 1 aromatic rings. The predicted octanol–water partition coefficient (Wildman–Crippen LogP) is 2.29. The predicted molar refractivity (Wildman–Crippen MR) is 113 cm³/mol. The van der Waals surface area contributed by atoms with E-state index in [4.69, 9.17) is 0 Å². The number of hydrogen-bond donors (Lipinski definition) is 2. The van der Waals surface area contributed by atoms with Gasteiger partial charge in [0.05, 0.1) is 0 Å². The minimum absolute atomic E-state index is 0. The summed E-state index contributed by atoms with van der Waals surface area (Å²) < 4.78 is 0. The average molecular weight is 395 g/mol. The van der Waals surface area contributed by atoms with Crippen molar-refractivity contribution in [3.05, 3.63) is 35.9 Å². The molecule has 0 aliphatic carbocycles. The Balaban J connectivity index is 0.00000261. The van der Waals surface area contributed by atoms with Crippen LogP contribution in [-0.2, 0) is 4.79 Å². The largest absolute Gasteiger partial charge is 0.356 e. The fourth-order valence-corrected chi connectivity index (χ4v) is 4.22. The van der Waals surface area contributed by atoms with Gasteiger partial charge in [-0.05, 0) is 45.3 Å². The molecule has 3 atom stereocenters. The zero-order valence-electron chi connectivity index (χ0n) is 16.7. The summed E-state index contributed by atoms with van der Waals surface area (Å²) in [7, 11) is 2.20. The highest BCUT2D eigenvalue weighted by Gasteiger charge is 2.27. The highest BCUT2D eigenvalue weighted by molar-refractivity contribution is 5.85. The first kappa shape index (κ1) is 22.2. The van der Waals surface area contributed by atoms with Gasteiger partial charge in [-0.1, -0.05) is 30.3 Å². The molecule has 1 amide bonds. The lowest BCUT2D eigenvalue weighted by molar-refractivity contribution is -0.126. The molecule has 2 saturated heterocycles. The molecule has 2 fully saturated rings. The van der Waals surface area contributed by atoms with Crippen molar-refractivity contribution < 1.29 is 4.79 Å². The summed E-state index contributed by atoms with van der Waals surface area (Å²) in [6.07, 6.45) is 2.93. The Hall–Kier alpha value is -1.14. The van der Waals surface area contributed by atoms with Gasteiger partial charge in [0, 0.05) is 50.7 Å². The van der Waals surface area contributed by atoms with E-state index in [9.17, 15) is 4.79 Å². The lowest BCUT2D eigenvalue weighted by Crippen LogP contribution is -2.47. The summed E-state index contributed by atoms with van der Waals surface area (Å²) in [5.41, 5.74) is 1.40. The lowest BCUT2D eigenvalue weighted by atomic mass is 9.92. The van der Waals surface area contributed by atoms with Crippen molar-refractivity contribution >= 4 is 18.3 Å². The van der Waals surface area contributed by atoms with E-state index in [1.54, 1.807) is 0 Å². The van der Waals surface area contributed by atoms with Crippen molar-refractivity contribution in [2.45, 2.75) is 38.3 Å². The standard InChI is InChI=1S/C21H34N4O.ClH/c1-17-15-19(9-11-22-17)21(26)23-10-6-12-25-14-13-24(2)16-20(25)18-7-4-3-5-8-18;/h3-5,7-8,17,19-20,22H,6,9-16H2,1-2H3,(H,23,26);1H/t17-,19-,20?;/m0./s1. The van der Waals surface area contributed by atoms with Crippen molar-refractivity contribution in [1.29, 1.82) is 0 Å². The Labute approximate surface area is 170 Å². The minimum atomic E-state index is 0. The number of piperazine rings is 1. The Morgan fingerprint density at radius 1 is 1.26 bits per heavy atom. The molecule has 27 heavy (non-hydrogen) atoms. The molecule has 2 aliphatic rings. The molecule has 5 nitrogen and oxygen atoms in total. The van der Waals surface area contributed by atoms with Gasteiger partial charge in [-0.3, -0.25) is 9.69 Å². The third-order valence-corrected chi connectivity index (χ3v) is 5.79. The molecule has 0 aromatic heterocycles. The van der Waals surface area contributed by atoms with Crippen molar-refractivity contribution in [2.24, 2.45) is 5.92 Å². The van der Waals surface area contributed by atoms with Crippen LogP contribution >= 0.6 is 12.4 Å². The van der Waals surface area contributed by atoms with Gasteiger partial charge in [-0.15, -0.1) is 12.4 Å². The number of rotatable bonds is 6. The van der Waals surface area contributed by atoms with Gasteiger partial charge in [-0.25, -0.2) is 0 Å². The number of carbonyl (C=O) groups excluding carboxylic acids is 1. The maximum atomic E-state index is 12.4. The molecule has 2 N–H and O–H groups in total. The van der Waals surface area contributed by atoms with E-state index in [1.165, 1.54) is 5.56 Å². The number of likely N-dealkylation sites (N-methyl/N-ethyl adjacent to an activating group) is 1. The number of nitrogens with zero attached hydrogens (tertiary/aromatic N) is 2. The van der Waals surface area contributed by atoms with Crippen LogP contribution in [0.1, 0.15) is 37.8 Å². The third-order valence-electron chi connectivity index (χ3n) is 5.79. The molecule has 2 aliphatic heterocycles. The molecular weight excluding hydrogens is 360 g/mol. The zero-order valence-corrected chi connectivity index (χ0v) is 17.5. The van der Waals surface area contributed by atoms with Crippen molar-refractivity contribution in [3.63, 3.8) is 0 Å². The van der Waals surface area contributed by atoms with Gasteiger partial charge >= 0.3 is 0 Å². The Morgan fingerprint density at radius 2 is 2.04 bits per heavy atom. The van der Waals surface area contributed by atoms with E-state index in [2.05, 4.69) is 64.7 Å². The molecule has 152 valence electrons. The van der Waals surface area contributed by atoms with Crippen LogP contribution < -0.4 is 10.6 Å². The quantitative estimate of drug-likeness (QED) is 0.727. The highest BCUT2D eigenvalue weighted by Crippen LogP contribution is 2.24. The van der Waals surface area contributed by atoms with Crippen LogP contribution in [0.4, 0.5) is 0 Å². The van der Waals surface area contributed by atoms with Gasteiger partial charge in [0.25, 0.3) is 0 Å². The van der Waals surface area contributed by atoms with Crippen molar-refractivity contribution in [3.8, 4) is 0 Å². The fraction of sp³-hybridized carbons (Fsp3) is 0.667. The topological polar surface area (TPSA) is 47.6 Å². The van der Waals surface area contributed by atoms with Crippen LogP contribution in [0.2, 0.25) is 0 Å².